The van der Waals surface area contributed by atoms with Gasteiger partial charge in [0, 0.05) is 30.2 Å². The third kappa shape index (κ3) is 5.18. The van der Waals surface area contributed by atoms with Gasteiger partial charge in [0.1, 0.15) is 0 Å². The number of ether oxygens (including phenoxy) is 2. The van der Waals surface area contributed by atoms with Gasteiger partial charge in [0.25, 0.3) is 11.8 Å². The molecule has 2 aromatic rings. The molecule has 6 nitrogen and oxygen atoms in total. The van der Waals surface area contributed by atoms with Crippen molar-refractivity contribution in [2.45, 2.75) is 12.8 Å². The van der Waals surface area contributed by atoms with Crippen molar-refractivity contribution in [2.24, 2.45) is 5.92 Å². The molecule has 1 N–H and O–H groups in total. The molecule has 30 heavy (non-hydrogen) atoms. The number of halogens is 2. The summed E-state index contributed by atoms with van der Waals surface area (Å²) in [7, 11) is 3.10. The van der Waals surface area contributed by atoms with E-state index in [0.717, 1.165) is 12.8 Å². The topological polar surface area (TPSA) is 67.9 Å². The Bertz CT molecular complexity index is 927. The number of carbonyl (C=O) groups is 2. The van der Waals surface area contributed by atoms with Crippen LogP contribution in [-0.2, 0) is 0 Å². The Hall–Kier alpha value is -2.44. The number of benzene rings is 2. The van der Waals surface area contributed by atoms with Gasteiger partial charge in [-0.15, -0.1) is 0 Å². The Morgan fingerprint density at radius 1 is 1.03 bits per heavy atom. The van der Waals surface area contributed by atoms with Gasteiger partial charge < -0.3 is 19.7 Å². The lowest BCUT2D eigenvalue weighted by molar-refractivity contribution is 0.0684. The SMILES string of the molecule is COc1ccc(C(=O)N2CCC(CNC(=O)c3cc(Cl)ccc3Cl)CC2)cc1OC. The second-order valence-corrected chi connectivity index (χ2v) is 7.98. The average Bonchev–Trinajstić information content (AvgIpc) is 2.78. The number of methoxy groups -OCH3 is 2. The van der Waals surface area contributed by atoms with Crippen molar-refractivity contribution in [1.29, 1.82) is 0 Å². The number of rotatable bonds is 6. The number of hydrogen-bond acceptors (Lipinski definition) is 4. The zero-order valence-electron chi connectivity index (χ0n) is 16.9. The fourth-order valence-corrected chi connectivity index (χ4v) is 3.87. The van der Waals surface area contributed by atoms with E-state index in [4.69, 9.17) is 32.7 Å². The quantitative estimate of drug-likeness (QED) is 0.712. The van der Waals surface area contributed by atoms with Crippen LogP contribution >= 0.6 is 23.2 Å². The standard InChI is InChI=1S/C22H24Cl2N2O4/c1-29-19-6-3-15(11-20(19)30-2)22(28)26-9-7-14(8-10-26)13-25-21(27)17-12-16(23)4-5-18(17)24/h3-6,11-12,14H,7-10,13H2,1-2H3,(H,25,27). The van der Waals surface area contributed by atoms with Crippen molar-refractivity contribution in [1.82, 2.24) is 10.2 Å². The predicted molar refractivity (Wildman–Crippen MR) is 117 cm³/mol. The smallest absolute Gasteiger partial charge is 0.253 e. The Labute approximate surface area is 186 Å². The first kappa shape index (κ1) is 22.2. The van der Waals surface area contributed by atoms with E-state index in [1.165, 1.54) is 0 Å². The van der Waals surface area contributed by atoms with Crippen LogP contribution in [0.25, 0.3) is 0 Å². The van der Waals surface area contributed by atoms with Crippen LogP contribution in [0.1, 0.15) is 33.6 Å². The molecule has 0 unspecified atom stereocenters. The van der Waals surface area contributed by atoms with Gasteiger partial charge in [-0.2, -0.15) is 0 Å². The van der Waals surface area contributed by atoms with Crippen LogP contribution in [0.5, 0.6) is 11.5 Å². The van der Waals surface area contributed by atoms with Gasteiger partial charge in [-0.25, -0.2) is 0 Å². The van der Waals surface area contributed by atoms with Crippen LogP contribution in [-0.4, -0.2) is 50.6 Å². The molecule has 0 aliphatic carbocycles. The summed E-state index contributed by atoms with van der Waals surface area (Å²) in [6.07, 6.45) is 1.62. The Morgan fingerprint density at radius 2 is 1.73 bits per heavy atom. The van der Waals surface area contributed by atoms with E-state index in [1.807, 2.05) is 4.90 Å². The molecule has 2 amide bonds. The number of amides is 2. The molecule has 0 aromatic heterocycles. The van der Waals surface area contributed by atoms with E-state index < -0.39 is 0 Å². The van der Waals surface area contributed by atoms with Crippen LogP contribution in [0, 0.1) is 5.92 Å². The molecule has 1 aliphatic rings. The highest BCUT2D eigenvalue weighted by Gasteiger charge is 2.25. The first-order valence-corrected chi connectivity index (χ1v) is 10.4. The fourth-order valence-electron chi connectivity index (χ4n) is 3.50. The molecular formula is C22H24Cl2N2O4. The number of piperidine rings is 1. The summed E-state index contributed by atoms with van der Waals surface area (Å²) in [5, 5.41) is 3.76. The molecule has 8 heteroatoms. The zero-order chi connectivity index (χ0) is 21.7. The minimum absolute atomic E-state index is 0.0378. The summed E-state index contributed by atoms with van der Waals surface area (Å²) in [6, 6.07) is 9.98. The molecule has 1 aliphatic heterocycles. The van der Waals surface area contributed by atoms with Gasteiger partial charge >= 0.3 is 0 Å². The van der Waals surface area contributed by atoms with Crippen LogP contribution in [0.2, 0.25) is 10.0 Å². The first-order valence-electron chi connectivity index (χ1n) is 9.67. The number of hydrogen-bond donors (Lipinski definition) is 1. The second-order valence-electron chi connectivity index (χ2n) is 7.14. The molecule has 160 valence electrons. The van der Waals surface area contributed by atoms with E-state index in [0.29, 0.717) is 58.2 Å². The maximum absolute atomic E-state index is 12.8. The van der Waals surface area contributed by atoms with Crippen molar-refractivity contribution in [3.8, 4) is 11.5 Å². The molecule has 0 bridgehead atoms. The van der Waals surface area contributed by atoms with Crippen molar-refractivity contribution in [3.63, 3.8) is 0 Å². The highest BCUT2D eigenvalue weighted by atomic mass is 35.5. The van der Waals surface area contributed by atoms with Crippen LogP contribution in [0.4, 0.5) is 0 Å². The molecular weight excluding hydrogens is 427 g/mol. The minimum atomic E-state index is -0.244. The van der Waals surface area contributed by atoms with E-state index in [1.54, 1.807) is 50.6 Å². The normalized spacial score (nSPS) is 14.3. The minimum Gasteiger partial charge on any atom is -0.493 e. The zero-order valence-corrected chi connectivity index (χ0v) is 18.4. The molecule has 0 radical (unpaired) electrons. The number of likely N-dealkylation sites (tertiary alicyclic amines) is 1. The molecule has 2 aromatic carbocycles. The monoisotopic (exact) mass is 450 g/mol. The van der Waals surface area contributed by atoms with Crippen LogP contribution < -0.4 is 14.8 Å². The van der Waals surface area contributed by atoms with Crippen LogP contribution in [0.15, 0.2) is 36.4 Å². The van der Waals surface area contributed by atoms with Gasteiger partial charge in [-0.05, 0) is 55.2 Å². The molecule has 1 heterocycles. The summed E-state index contributed by atoms with van der Waals surface area (Å²) in [4.78, 5) is 27.0. The van der Waals surface area contributed by atoms with Gasteiger partial charge in [0.15, 0.2) is 11.5 Å². The van der Waals surface area contributed by atoms with Crippen molar-refractivity contribution >= 4 is 35.0 Å². The Kier molecular flexibility index (Phi) is 7.45. The summed E-state index contributed by atoms with van der Waals surface area (Å²) in [5.41, 5.74) is 0.931. The summed E-state index contributed by atoms with van der Waals surface area (Å²) >= 11 is 12.0. The third-order valence-electron chi connectivity index (χ3n) is 5.26. The molecule has 0 saturated carbocycles. The van der Waals surface area contributed by atoms with Crippen LogP contribution in [0.3, 0.4) is 0 Å². The molecule has 3 rings (SSSR count). The maximum Gasteiger partial charge on any atom is 0.253 e. The Morgan fingerprint density at radius 3 is 2.40 bits per heavy atom. The Balaban J connectivity index is 1.53. The highest BCUT2D eigenvalue weighted by molar-refractivity contribution is 6.35. The lowest BCUT2D eigenvalue weighted by Gasteiger charge is -2.32. The van der Waals surface area contributed by atoms with Crippen molar-refractivity contribution < 1.29 is 19.1 Å². The summed E-state index contributed by atoms with van der Waals surface area (Å²) < 4.78 is 10.5. The largest absolute Gasteiger partial charge is 0.493 e. The molecule has 1 fully saturated rings. The van der Waals surface area contributed by atoms with Crippen molar-refractivity contribution in [2.75, 3.05) is 33.9 Å². The van der Waals surface area contributed by atoms with Gasteiger partial charge in [-0.3, -0.25) is 9.59 Å². The van der Waals surface area contributed by atoms with Crippen molar-refractivity contribution in [3.05, 3.63) is 57.6 Å². The molecule has 0 spiro atoms. The van der Waals surface area contributed by atoms with E-state index >= 15 is 0 Å². The maximum atomic E-state index is 12.8. The molecule has 1 saturated heterocycles. The lowest BCUT2D eigenvalue weighted by atomic mass is 9.96. The highest BCUT2D eigenvalue weighted by Crippen LogP contribution is 2.29. The average molecular weight is 451 g/mol. The first-order chi connectivity index (χ1) is 14.4. The summed E-state index contributed by atoms with van der Waals surface area (Å²) in [6.45, 7) is 1.79. The second kappa shape index (κ2) is 10.0. The van der Waals surface area contributed by atoms with Gasteiger partial charge in [0.05, 0.1) is 24.8 Å². The van der Waals surface area contributed by atoms with E-state index in [-0.39, 0.29) is 11.8 Å². The van der Waals surface area contributed by atoms with E-state index in [2.05, 4.69) is 5.32 Å². The summed E-state index contributed by atoms with van der Waals surface area (Å²) in [5.74, 6) is 1.13. The number of nitrogens with zero attached hydrogens (tertiary/aromatic N) is 1. The number of carbonyl (C=O) groups excluding carboxylic acids is 2. The van der Waals surface area contributed by atoms with E-state index in [9.17, 15) is 9.59 Å². The molecule has 0 atom stereocenters. The lowest BCUT2D eigenvalue weighted by Crippen LogP contribution is -2.41. The number of nitrogens with one attached hydrogen (secondary N) is 1. The van der Waals surface area contributed by atoms with Gasteiger partial charge in [0.2, 0.25) is 0 Å². The fraction of sp³-hybridized carbons (Fsp3) is 0.364. The predicted octanol–water partition coefficient (Wildman–Crippen LogP) is 4.29. The third-order valence-corrected chi connectivity index (χ3v) is 5.82. The van der Waals surface area contributed by atoms with Gasteiger partial charge in [-0.1, -0.05) is 23.2 Å².